The Kier molecular flexibility index (Phi) is 6.95. The van der Waals surface area contributed by atoms with Crippen LogP contribution in [0.1, 0.15) is 48.0 Å². The summed E-state index contributed by atoms with van der Waals surface area (Å²) in [6.45, 7) is 19.0. The van der Waals surface area contributed by atoms with E-state index >= 15 is 0 Å². The second-order valence-corrected chi connectivity index (χ2v) is 19.9. The standard InChI is InChI=1S/C15H28NSi.2C2H6N.Mo/c1-14(2,3)12-10-9-11-13(12)17(7,8)16-15(4,5)6;2*1-3-2;/h11,16H,9H2,1-8H3;2*1-2H3;/q;2*-1;+2. The van der Waals surface area contributed by atoms with E-state index in [1.54, 1.807) is 14.7 Å². The van der Waals surface area contributed by atoms with Crippen LogP contribution in [0.2, 0.25) is 13.1 Å². The summed E-state index contributed by atoms with van der Waals surface area (Å²) >= 11 is -1.63. The van der Waals surface area contributed by atoms with Crippen molar-refractivity contribution in [3.8, 4) is 0 Å². The number of nitrogens with zero attached hydrogens (tertiary/aromatic N) is 2. The third-order valence-electron chi connectivity index (χ3n) is 4.06. The van der Waals surface area contributed by atoms with Gasteiger partial charge in [-0.15, -0.1) is 0 Å². The van der Waals surface area contributed by atoms with Crippen LogP contribution < -0.4 is 4.98 Å². The van der Waals surface area contributed by atoms with Crippen LogP contribution in [0.15, 0.2) is 20.8 Å². The van der Waals surface area contributed by atoms with Gasteiger partial charge in [0.1, 0.15) is 0 Å². The van der Waals surface area contributed by atoms with Gasteiger partial charge >= 0.3 is 159 Å². The van der Waals surface area contributed by atoms with Gasteiger partial charge in [-0.2, -0.15) is 0 Å². The summed E-state index contributed by atoms with van der Waals surface area (Å²) in [6, 6.07) is 0. The molecular weight excluding hydrogens is 394 g/mol. The molecule has 0 amide bonds. The predicted molar refractivity (Wildman–Crippen MR) is 107 cm³/mol. The van der Waals surface area contributed by atoms with Gasteiger partial charge in [0, 0.05) is 0 Å². The third-order valence-corrected chi connectivity index (χ3v) is 12.6. The fraction of sp³-hybridized carbons (Fsp3) is 0.789. The first-order valence-corrected chi connectivity index (χ1v) is 14.7. The molecule has 0 bridgehead atoms. The monoisotopic (exact) mass is 436 g/mol. The van der Waals surface area contributed by atoms with Crippen molar-refractivity contribution >= 4 is 8.24 Å². The van der Waals surface area contributed by atoms with Gasteiger partial charge < -0.3 is 0 Å². The van der Waals surface area contributed by atoms with Crippen molar-refractivity contribution in [3.05, 3.63) is 20.8 Å². The van der Waals surface area contributed by atoms with Gasteiger partial charge in [-0.3, -0.25) is 0 Å². The number of hydrogen-bond donors (Lipinski definition) is 1. The molecule has 1 aliphatic carbocycles. The van der Waals surface area contributed by atoms with Gasteiger partial charge in [-0.05, 0) is 0 Å². The van der Waals surface area contributed by atoms with Crippen LogP contribution in [0.3, 0.4) is 0 Å². The quantitative estimate of drug-likeness (QED) is 0.650. The van der Waals surface area contributed by atoms with Crippen molar-refractivity contribution in [1.29, 1.82) is 0 Å². The van der Waals surface area contributed by atoms with E-state index in [2.05, 4.69) is 101 Å². The molecule has 141 valence electrons. The molecule has 0 saturated carbocycles. The summed E-state index contributed by atoms with van der Waals surface area (Å²) < 4.78 is 6.76. The average Bonchev–Trinajstić information content (AvgIpc) is 2.68. The van der Waals surface area contributed by atoms with Crippen molar-refractivity contribution in [3.63, 3.8) is 0 Å². The van der Waals surface area contributed by atoms with Crippen LogP contribution in [0.5, 0.6) is 0 Å². The molecule has 0 aliphatic heterocycles. The average molecular weight is 435 g/mol. The van der Waals surface area contributed by atoms with E-state index in [0.717, 1.165) is 6.42 Å². The van der Waals surface area contributed by atoms with Crippen molar-refractivity contribution in [2.75, 3.05) is 28.2 Å². The van der Waals surface area contributed by atoms with Gasteiger partial charge in [0.05, 0.1) is 0 Å². The molecule has 0 spiro atoms. The summed E-state index contributed by atoms with van der Waals surface area (Å²) in [4.78, 5) is 3.99. The molecule has 1 rings (SSSR count). The van der Waals surface area contributed by atoms with Crippen molar-refractivity contribution in [2.45, 2.75) is 66.6 Å². The van der Waals surface area contributed by atoms with Gasteiger partial charge in [-0.25, -0.2) is 0 Å². The van der Waals surface area contributed by atoms with E-state index in [4.69, 9.17) is 0 Å². The molecule has 0 saturated heterocycles. The molecule has 0 aromatic heterocycles. The molecule has 0 fully saturated rings. The molecule has 1 aliphatic rings. The van der Waals surface area contributed by atoms with E-state index < -0.39 is 26.0 Å². The molecule has 0 aromatic carbocycles. The van der Waals surface area contributed by atoms with Crippen LogP contribution in [-0.2, 0) is 17.8 Å². The number of nitrogens with one attached hydrogen (secondary N) is 1. The molecule has 24 heavy (non-hydrogen) atoms. The topological polar surface area (TPSA) is 18.5 Å². The zero-order valence-corrected chi connectivity index (χ0v) is 21.1. The summed E-state index contributed by atoms with van der Waals surface area (Å²) in [5.74, 6) is 0. The van der Waals surface area contributed by atoms with Gasteiger partial charge in [0.25, 0.3) is 0 Å². The molecule has 1 N–H and O–H groups in total. The Bertz CT molecular complexity index is 512. The van der Waals surface area contributed by atoms with Crippen molar-refractivity contribution < 1.29 is 17.8 Å². The maximum absolute atomic E-state index is 3.99. The second kappa shape index (κ2) is 7.48. The first-order chi connectivity index (χ1) is 10.6. The summed E-state index contributed by atoms with van der Waals surface area (Å²) in [5.41, 5.74) is 2.02. The zero-order valence-electron chi connectivity index (χ0n) is 18.1. The fourth-order valence-corrected chi connectivity index (χ4v) is 13.7. The third kappa shape index (κ3) is 5.38. The molecule has 0 heterocycles. The van der Waals surface area contributed by atoms with E-state index in [1.807, 2.05) is 0 Å². The predicted octanol–water partition coefficient (Wildman–Crippen LogP) is 4.32. The first-order valence-electron chi connectivity index (χ1n) is 8.91. The van der Waals surface area contributed by atoms with Crippen molar-refractivity contribution in [2.24, 2.45) is 5.41 Å². The van der Waals surface area contributed by atoms with Crippen LogP contribution in [0.4, 0.5) is 0 Å². The molecule has 5 heteroatoms. The minimum absolute atomic E-state index is 0.158. The van der Waals surface area contributed by atoms with Gasteiger partial charge in [-0.1, -0.05) is 0 Å². The van der Waals surface area contributed by atoms with Gasteiger partial charge in [0.2, 0.25) is 0 Å². The number of hydrogen-bond acceptors (Lipinski definition) is 3. The van der Waals surface area contributed by atoms with Crippen LogP contribution in [0, 0.1) is 5.41 Å². The van der Waals surface area contributed by atoms with Crippen LogP contribution in [-0.4, -0.2) is 48.9 Å². The van der Waals surface area contributed by atoms with E-state index in [0.29, 0.717) is 0 Å². The number of allylic oxidation sites excluding steroid dienone is 4. The second-order valence-electron chi connectivity index (χ2n) is 9.76. The molecule has 0 unspecified atom stereocenters. The molecule has 0 atom stereocenters. The summed E-state index contributed by atoms with van der Waals surface area (Å²) in [6.07, 6.45) is 3.71. The summed E-state index contributed by atoms with van der Waals surface area (Å²) in [5, 5.41) is 1.65. The fourth-order valence-electron chi connectivity index (χ4n) is 3.88. The van der Waals surface area contributed by atoms with E-state index in [-0.39, 0.29) is 11.0 Å². The Balaban J connectivity index is 3.44. The molecule has 3 nitrogen and oxygen atoms in total. The number of rotatable bonds is 5. The Hall–Kier alpha value is 0.265. The Morgan fingerprint density at radius 3 is 1.75 bits per heavy atom. The SMILES string of the molecule is C[N](C)[Mo]([C]1=C(C(C)(C)C)C([Si](C)(C)NC(C)(C)C)=CC1)[N](C)C. The minimum atomic E-state index is -1.69. The Morgan fingerprint density at radius 2 is 1.42 bits per heavy atom. The summed E-state index contributed by atoms with van der Waals surface area (Å²) in [7, 11) is 7.36. The van der Waals surface area contributed by atoms with Crippen LogP contribution in [0.25, 0.3) is 0 Å². The maximum atomic E-state index is 3.99. The molecular formula is C19H40MoN3Si. The van der Waals surface area contributed by atoms with Crippen LogP contribution >= 0.6 is 0 Å². The van der Waals surface area contributed by atoms with E-state index in [1.165, 1.54) is 0 Å². The normalized spacial score (nSPS) is 17.5. The van der Waals surface area contributed by atoms with Gasteiger partial charge in [0.15, 0.2) is 0 Å². The van der Waals surface area contributed by atoms with Crippen molar-refractivity contribution in [1.82, 2.24) is 11.9 Å². The Morgan fingerprint density at radius 1 is 0.958 bits per heavy atom. The first kappa shape index (κ1) is 22.3. The van der Waals surface area contributed by atoms with E-state index in [9.17, 15) is 0 Å². The molecule has 0 radical (unpaired) electrons. The zero-order chi connectivity index (χ0) is 19.1. The molecule has 0 aromatic rings. The Labute approximate surface area is 158 Å².